The number of aromatic nitrogens is 3. The molecule has 1 aliphatic rings. The summed E-state index contributed by atoms with van der Waals surface area (Å²) in [5.74, 6) is 0.665. The summed E-state index contributed by atoms with van der Waals surface area (Å²) in [7, 11) is 0. The van der Waals surface area contributed by atoms with Crippen LogP contribution in [0.5, 0.6) is 0 Å². The molecule has 0 amide bonds. The van der Waals surface area contributed by atoms with Gasteiger partial charge in [0.25, 0.3) is 0 Å². The first kappa shape index (κ1) is 9.85. The predicted octanol–water partition coefficient (Wildman–Crippen LogP) is 1.19. The van der Waals surface area contributed by atoms with Crippen LogP contribution in [0, 0.1) is 11.3 Å². The second-order valence-electron chi connectivity index (χ2n) is 4.09. The number of imidazole rings is 1. The molecule has 2 aromatic rings. The molecule has 5 heteroatoms. The van der Waals surface area contributed by atoms with Gasteiger partial charge in [0.15, 0.2) is 0 Å². The first-order chi connectivity index (χ1) is 8.36. The fraction of sp³-hybridized carbons (Fsp3) is 0.250. The minimum Gasteiger partial charge on any atom is -0.364 e. The number of nitriles is 1. The van der Waals surface area contributed by atoms with Crippen molar-refractivity contribution in [1.82, 2.24) is 14.5 Å². The molecule has 0 aliphatic carbocycles. The minimum atomic E-state index is 0.287. The molecule has 0 saturated heterocycles. The molecule has 1 N–H and O–H groups in total. The molecule has 5 nitrogen and oxygen atoms in total. The van der Waals surface area contributed by atoms with Crippen molar-refractivity contribution in [3.63, 3.8) is 0 Å². The van der Waals surface area contributed by atoms with Crippen molar-refractivity contribution in [3.8, 4) is 6.07 Å². The number of nitrogens with one attached hydrogen (secondary N) is 1. The molecule has 17 heavy (non-hydrogen) atoms. The van der Waals surface area contributed by atoms with Crippen molar-refractivity contribution in [3.05, 3.63) is 42.1 Å². The Kier molecular flexibility index (Phi) is 2.26. The Morgan fingerprint density at radius 1 is 1.53 bits per heavy atom. The van der Waals surface area contributed by atoms with E-state index in [4.69, 9.17) is 5.26 Å². The number of hydrogen-bond donors (Lipinski definition) is 1. The first-order valence-corrected chi connectivity index (χ1v) is 5.47. The third kappa shape index (κ3) is 1.74. The van der Waals surface area contributed by atoms with E-state index >= 15 is 0 Å². The van der Waals surface area contributed by atoms with E-state index in [0.717, 1.165) is 13.0 Å². The van der Waals surface area contributed by atoms with Gasteiger partial charge in [0.2, 0.25) is 0 Å². The molecular weight excluding hydrogens is 214 g/mol. The van der Waals surface area contributed by atoms with E-state index in [1.54, 1.807) is 18.3 Å². The van der Waals surface area contributed by atoms with Crippen LogP contribution < -0.4 is 5.32 Å². The van der Waals surface area contributed by atoms with Gasteiger partial charge in [0.1, 0.15) is 11.9 Å². The molecule has 0 radical (unpaired) electrons. The van der Waals surface area contributed by atoms with Gasteiger partial charge < -0.3 is 9.88 Å². The Morgan fingerprint density at radius 3 is 3.29 bits per heavy atom. The maximum atomic E-state index is 8.98. The lowest BCUT2D eigenvalue weighted by Crippen LogP contribution is -2.22. The molecule has 1 atom stereocenters. The van der Waals surface area contributed by atoms with E-state index in [0.29, 0.717) is 11.4 Å². The highest BCUT2D eigenvalue weighted by molar-refractivity contribution is 5.52. The SMILES string of the molecule is N#Cc1cccnc1NC1Cc2cncn2C1. The fourth-order valence-corrected chi connectivity index (χ4v) is 2.14. The highest BCUT2D eigenvalue weighted by atomic mass is 15.1. The van der Waals surface area contributed by atoms with Crippen LogP contribution in [-0.2, 0) is 13.0 Å². The molecule has 0 aromatic carbocycles. The Hall–Kier alpha value is -2.35. The average Bonchev–Trinajstić information content (AvgIpc) is 2.90. The molecule has 84 valence electrons. The van der Waals surface area contributed by atoms with Crippen LogP contribution in [-0.4, -0.2) is 20.6 Å². The summed E-state index contributed by atoms with van der Waals surface area (Å²) in [5.41, 5.74) is 1.80. The third-order valence-electron chi connectivity index (χ3n) is 2.94. The quantitative estimate of drug-likeness (QED) is 0.833. The zero-order valence-corrected chi connectivity index (χ0v) is 9.17. The van der Waals surface area contributed by atoms with Crippen molar-refractivity contribution < 1.29 is 0 Å². The van der Waals surface area contributed by atoms with Crippen molar-refractivity contribution >= 4 is 5.82 Å². The fourth-order valence-electron chi connectivity index (χ4n) is 2.14. The zero-order valence-electron chi connectivity index (χ0n) is 9.17. The lowest BCUT2D eigenvalue weighted by molar-refractivity contribution is 0.669. The van der Waals surface area contributed by atoms with E-state index < -0.39 is 0 Å². The second kappa shape index (κ2) is 3.91. The van der Waals surface area contributed by atoms with Crippen molar-refractivity contribution in [1.29, 1.82) is 5.26 Å². The van der Waals surface area contributed by atoms with E-state index in [2.05, 4.69) is 25.9 Å². The summed E-state index contributed by atoms with van der Waals surface area (Å²) in [6.07, 6.45) is 6.33. The average molecular weight is 225 g/mol. The molecule has 0 spiro atoms. The topological polar surface area (TPSA) is 66.5 Å². The van der Waals surface area contributed by atoms with Crippen LogP contribution in [0.15, 0.2) is 30.9 Å². The maximum Gasteiger partial charge on any atom is 0.144 e. The number of fused-ring (bicyclic) bond motifs is 1. The highest BCUT2D eigenvalue weighted by Gasteiger charge is 2.21. The molecule has 3 rings (SSSR count). The molecule has 3 heterocycles. The molecule has 2 aromatic heterocycles. The van der Waals surface area contributed by atoms with Crippen LogP contribution in [0.25, 0.3) is 0 Å². The van der Waals surface area contributed by atoms with Gasteiger partial charge in [0, 0.05) is 31.1 Å². The van der Waals surface area contributed by atoms with Crippen LogP contribution >= 0.6 is 0 Å². The van der Waals surface area contributed by atoms with Gasteiger partial charge in [-0.3, -0.25) is 0 Å². The summed E-state index contributed by atoms with van der Waals surface area (Å²) in [6.45, 7) is 0.872. The van der Waals surface area contributed by atoms with Gasteiger partial charge in [0.05, 0.1) is 17.9 Å². The first-order valence-electron chi connectivity index (χ1n) is 5.47. The van der Waals surface area contributed by atoms with Crippen molar-refractivity contribution in [2.24, 2.45) is 0 Å². The molecule has 0 fully saturated rings. The molecule has 0 bridgehead atoms. The van der Waals surface area contributed by atoms with Crippen LogP contribution in [0.3, 0.4) is 0 Å². The van der Waals surface area contributed by atoms with Gasteiger partial charge >= 0.3 is 0 Å². The maximum absolute atomic E-state index is 8.98. The Balaban J connectivity index is 1.77. The largest absolute Gasteiger partial charge is 0.364 e. The van der Waals surface area contributed by atoms with E-state index in [1.807, 2.05) is 12.5 Å². The lowest BCUT2D eigenvalue weighted by atomic mass is 10.2. The monoisotopic (exact) mass is 225 g/mol. The van der Waals surface area contributed by atoms with E-state index in [1.165, 1.54) is 5.69 Å². The molecule has 1 unspecified atom stereocenters. The smallest absolute Gasteiger partial charge is 0.144 e. The molecule has 0 saturated carbocycles. The second-order valence-corrected chi connectivity index (χ2v) is 4.09. The van der Waals surface area contributed by atoms with Crippen molar-refractivity contribution in [2.75, 3.05) is 5.32 Å². The van der Waals surface area contributed by atoms with Crippen LogP contribution in [0.4, 0.5) is 5.82 Å². The minimum absolute atomic E-state index is 0.287. The molecule has 1 aliphatic heterocycles. The van der Waals surface area contributed by atoms with Gasteiger partial charge in [-0.1, -0.05) is 0 Å². The standard InChI is InChI=1S/C12H11N5/c13-5-9-2-1-3-15-12(9)16-10-4-11-6-14-8-17(11)7-10/h1-3,6,8,10H,4,7H2,(H,15,16). The summed E-state index contributed by atoms with van der Waals surface area (Å²) < 4.78 is 2.12. The van der Waals surface area contributed by atoms with Gasteiger partial charge in [-0.25, -0.2) is 9.97 Å². The van der Waals surface area contributed by atoms with Crippen LogP contribution in [0.2, 0.25) is 0 Å². The zero-order chi connectivity index (χ0) is 11.7. The molecular formula is C12H11N5. The summed E-state index contributed by atoms with van der Waals surface area (Å²) >= 11 is 0. The normalized spacial score (nSPS) is 17.5. The number of rotatable bonds is 2. The van der Waals surface area contributed by atoms with Gasteiger partial charge in [-0.2, -0.15) is 5.26 Å². The third-order valence-corrected chi connectivity index (χ3v) is 2.94. The Labute approximate surface area is 98.7 Å². The summed E-state index contributed by atoms with van der Waals surface area (Å²) in [4.78, 5) is 8.29. The van der Waals surface area contributed by atoms with E-state index in [9.17, 15) is 0 Å². The predicted molar refractivity (Wildman–Crippen MR) is 62.3 cm³/mol. The number of anilines is 1. The highest BCUT2D eigenvalue weighted by Crippen LogP contribution is 2.19. The number of nitrogens with zero attached hydrogens (tertiary/aromatic N) is 4. The summed E-state index contributed by atoms with van der Waals surface area (Å²) in [5, 5.41) is 12.3. The van der Waals surface area contributed by atoms with Gasteiger partial charge in [-0.15, -0.1) is 0 Å². The Bertz CT molecular complexity index is 560. The summed E-state index contributed by atoms with van der Waals surface area (Å²) in [6, 6.07) is 5.97. The van der Waals surface area contributed by atoms with E-state index in [-0.39, 0.29) is 6.04 Å². The number of hydrogen-bond acceptors (Lipinski definition) is 4. The van der Waals surface area contributed by atoms with Gasteiger partial charge in [-0.05, 0) is 12.1 Å². The Morgan fingerprint density at radius 2 is 2.47 bits per heavy atom. The number of pyridine rings is 1. The van der Waals surface area contributed by atoms with Crippen molar-refractivity contribution in [2.45, 2.75) is 19.0 Å². The van der Waals surface area contributed by atoms with Crippen LogP contribution in [0.1, 0.15) is 11.3 Å². The lowest BCUT2D eigenvalue weighted by Gasteiger charge is -2.13.